The first-order valence-electron chi connectivity index (χ1n) is 5.40. The second kappa shape index (κ2) is 4.71. The molecule has 1 unspecified atom stereocenters. The van der Waals surface area contributed by atoms with E-state index < -0.39 is 6.04 Å². The number of pyridine rings is 1. The highest BCUT2D eigenvalue weighted by molar-refractivity contribution is 7.17. The molecule has 0 saturated heterocycles. The molecule has 4 nitrogen and oxygen atoms in total. The molecule has 17 heavy (non-hydrogen) atoms. The van der Waals surface area contributed by atoms with Crippen molar-refractivity contribution in [1.82, 2.24) is 4.57 Å². The Labute approximate surface area is 102 Å². The maximum atomic E-state index is 12.1. The van der Waals surface area contributed by atoms with Crippen molar-refractivity contribution >= 4 is 27.4 Å². The molecule has 0 aromatic carbocycles. The summed E-state index contributed by atoms with van der Waals surface area (Å²) in [5.74, 6) is -0.385. The molecule has 2 aromatic heterocycles. The zero-order chi connectivity index (χ0) is 12.4. The molecule has 2 rings (SSSR count). The SMILES string of the molecule is CCOC(=O)C(C)n1ccc2sccc2c1=O. The summed E-state index contributed by atoms with van der Waals surface area (Å²) in [7, 11) is 0. The zero-order valence-electron chi connectivity index (χ0n) is 9.67. The van der Waals surface area contributed by atoms with E-state index in [0.29, 0.717) is 12.0 Å². The van der Waals surface area contributed by atoms with E-state index in [0.717, 1.165) is 4.70 Å². The average molecular weight is 251 g/mol. The van der Waals surface area contributed by atoms with E-state index in [1.165, 1.54) is 15.9 Å². The van der Waals surface area contributed by atoms with E-state index in [9.17, 15) is 9.59 Å². The molecule has 2 heterocycles. The third-order valence-electron chi connectivity index (χ3n) is 2.59. The van der Waals surface area contributed by atoms with E-state index in [2.05, 4.69) is 0 Å². The second-order valence-corrected chi connectivity index (χ2v) is 4.60. The van der Waals surface area contributed by atoms with Crippen LogP contribution in [0, 0.1) is 0 Å². The summed E-state index contributed by atoms with van der Waals surface area (Å²) in [4.78, 5) is 23.7. The summed E-state index contributed by atoms with van der Waals surface area (Å²) in [5.41, 5.74) is -0.149. The van der Waals surface area contributed by atoms with Crippen LogP contribution in [0.25, 0.3) is 10.1 Å². The first-order valence-corrected chi connectivity index (χ1v) is 6.28. The van der Waals surface area contributed by atoms with Crippen LogP contribution < -0.4 is 5.56 Å². The van der Waals surface area contributed by atoms with Gasteiger partial charge in [0.1, 0.15) is 6.04 Å². The summed E-state index contributed by atoms with van der Waals surface area (Å²) in [6, 6.07) is 3.03. The van der Waals surface area contributed by atoms with E-state index >= 15 is 0 Å². The number of aromatic nitrogens is 1. The minimum atomic E-state index is -0.591. The molecule has 1 atom stereocenters. The summed E-state index contributed by atoms with van der Waals surface area (Å²) in [6.45, 7) is 3.73. The predicted molar refractivity (Wildman–Crippen MR) is 67.4 cm³/mol. The molecule has 0 amide bonds. The number of nitrogens with zero attached hydrogens (tertiary/aromatic N) is 1. The van der Waals surface area contributed by atoms with E-state index in [1.807, 2.05) is 11.4 Å². The van der Waals surface area contributed by atoms with Crippen molar-refractivity contribution in [2.75, 3.05) is 6.61 Å². The highest BCUT2D eigenvalue weighted by atomic mass is 32.1. The number of hydrogen-bond acceptors (Lipinski definition) is 4. The number of fused-ring (bicyclic) bond motifs is 1. The van der Waals surface area contributed by atoms with Gasteiger partial charge >= 0.3 is 5.97 Å². The van der Waals surface area contributed by atoms with Gasteiger partial charge in [0, 0.05) is 10.9 Å². The number of carbonyl (C=O) groups is 1. The van der Waals surface area contributed by atoms with Crippen LogP contribution in [0.1, 0.15) is 19.9 Å². The van der Waals surface area contributed by atoms with Crippen molar-refractivity contribution in [3.63, 3.8) is 0 Å². The maximum absolute atomic E-state index is 12.1. The van der Waals surface area contributed by atoms with Gasteiger partial charge in [0.15, 0.2) is 0 Å². The summed E-state index contributed by atoms with van der Waals surface area (Å²) in [5, 5.41) is 2.51. The molecule has 0 fully saturated rings. The van der Waals surface area contributed by atoms with Gasteiger partial charge < -0.3 is 9.30 Å². The Morgan fingerprint density at radius 2 is 2.29 bits per heavy atom. The van der Waals surface area contributed by atoms with Crippen LogP contribution in [0.4, 0.5) is 0 Å². The lowest BCUT2D eigenvalue weighted by atomic mass is 10.3. The molecule has 5 heteroatoms. The van der Waals surface area contributed by atoms with Gasteiger partial charge in [-0.2, -0.15) is 0 Å². The van der Waals surface area contributed by atoms with Crippen LogP contribution >= 0.6 is 11.3 Å². The first kappa shape index (κ1) is 11.9. The van der Waals surface area contributed by atoms with Crippen LogP contribution in [-0.4, -0.2) is 17.1 Å². The maximum Gasteiger partial charge on any atom is 0.328 e. The number of rotatable bonds is 3. The molecular formula is C12H13NO3S. The van der Waals surface area contributed by atoms with Gasteiger partial charge in [-0.25, -0.2) is 4.79 Å². The van der Waals surface area contributed by atoms with Crippen LogP contribution in [0.3, 0.4) is 0 Å². The van der Waals surface area contributed by atoms with Crippen LogP contribution in [-0.2, 0) is 9.53 Å². The van der Waals surface area contributed by atoms with Crippen LogP contribution in [0.5, 0.6) is 0 Å². The zero-order valence-corrected chi connectivity index (χ0v) is 10.5. The van der Waals surface area contributed by atoms with Crippen molar-refractivity contribution in [3.05, 3.63) is 34.1 Å². The Hall–Kier alpha value is -1.62. The van der Waals surface area contributed by atoms with Crippen LogP contribution in [0.15, 0.2) is 28.5 Å². The molecule has 0 radical (unpaired) electrons. The molecule has 2 aromatic rings. The summed E-state index contributed by atoms with van der Waals surface area (Å²) in [6.07, 6.45) is 1.64. The molecule has 0 saturated carbocycles. The van der Waals surface area contributed by atoms with E-state index in [-0.39, 0.29) is 11.5 Å². The molecule has 0 bridgehead atoms. The number of carbonyl (C=O) groups excluding carboxylic acids is 1. The lowest BCUT2D eigenvalue weighted by Gasteiger charge is -2.13. The van der Waals surface area contributed by atoms with E-state index in [1.54, 1.807) is 26.1 Å². The van der Waals surface area contributed by atoms with Gasteiger partial charge in [0.05, 0.1) is 12.0 Å². The fourth-order valence-corrected chi connectivity index (χ4v) is 2.44. The molecule has 0 N–H and O–H groups in total. The number of esters is 1. The third-order valence-corrected chi connectivity index (χ3v) is 3.47. The Morgan fingerprint density at radius 3 is 3.00 bits per heavy atom. The van der Waals surface area contributed by atoms with Crippen molar-refractivity contribution in [2.24, 2.45) is 0 Å². The standard InChI is InChI=1S/C12H13NO3S/c1-3-16-12(15)8(2)13-6-4-10-9(11(13)14)5-7-17-10/h4-8H,3H2,1-2H3. The lowest BCUT2D eigenvalue weighted by molar-refractivity contribution is -0.146. The quantitative estimate of drug-likeness (QED) is 0.786. The molecule has 0 aliphatic carbocycles. The first-order chi connectivity index (χ1) is 8.15. The van der Waals surface area contributed by atoms with Gasteiger partial charge in [-0.05, 0) is 31.4 Å². The molecule has 0 aliphatic heterocycles. The topological polar surface area (TPSA) is 48.3 Å². The highest BCUT2D eigenvalue weighted by Crippen LogP contribution is 2.17. The Morgan fingerprint density at radius 1 is 1.53 bits per heavy atom. The van der Waals surface area contributed by atoms with E-state index in [4.69, 9.17) is 4.74 Å². The van der Waals surface area contributed by atoms with Gasteiger partial charge in [-0.1, -0.05) is 0 Å². The highest BCUT2D eigenvalue weighted by Gasteiger charge is 2.17. The lowest BCUT2D eigenvalue weighted by Crippen LogP contribution is -2.28. The summed E-state index contributed by atoms with van der Waals surface area (Å²) < 4.78 is 7.25. The molecule has 90 valence electrons. The predicted octanol–water partition coefficient (Wildman–Crippen LogP) is 2.19. The van der Waals surface area contributed by atoms with Crippen molar-refractivity contribution in [1.29, 1.82) is 0 Å². The monoisotopic (exact) mass is 251 g/mol. The minimum absolute atomic E-state index is 0.149. The van der Waals surface area contributed by atoms with Gasteiger partial charge in [0.2, 0.25) is 0 Å². The molecule has 0 aliphatic rings. The van der Waals surface area contributed by atoms with Gasteiger partial charge in [-0.3, -0.25) is 4.79 Å². The second-order valence-electron chi connectivity index (χ2n) is 3.65. The minimum Gasteiger partial charge on any atom is -0.464 e. The summed E-state index contributed by atoms with van der Waals surface area (Å²) >= 11 is 1.51. The molecule has 0 spiro atoms. The fourth-order valence-electron chi connectivity index (χ4n) is 1.66. The average Bonchev–Trinajstić information content (AvgIpc) is 2.78. The molecular weight excluding hydrogens is 238 g/mol. The van der Waals surface area contributed by atoms with Crippen LogP contribution in [0.2, 0.25) is 0 Å². The van der Waals surface area contributed by atoms with Crippen molar-refractivity contribution < 1.29 is 9.53 Å². The smallest absolute Gasteiger partial charge is 0.328 e. The Kier molecular flexibility index (Phi) is 3.28. The Bertz CT molecular complexity index is 599. The number of ether oxygens (including phenoxy) is 1. The van der Waals surface area contributed by atoms with Crippen molar-refractivity contribution in [2.45, 2.75) is 19.9 Å². The van der Waals surface area contributed by atoms with Gasteiger partial charge in [0.25, 0.3) is 5.56 Å². The van der Waals surface area contributed by atoms with Crippen molar-refractivity contribution in [3.8, 4) is 0 Å². The fraction of sp³-hybridized carbons (Fsp3) is 0.333. The number of hydrogen-bond donors (Lipinski definition) is 0. The number of thiophene rings is 1. The normalized spacial score (nSPS) is 12.6. The Balaban J connectivity index is 2.45. The third kappa shape index (κ3) is 2.10. The largest absolute Gasteiger partial charge is 0.464 e. The van der Waals surface area contributed by atoms with Gasteiger partial charge in [-0.15, -0.1) is 11.3 Å².